The molecule has 2 aromatic carbocycles. The molecule has 0 bridgehead atoms. The van der Waals surface area contributed by atoms with Crippen molar-refractivity contribution in [2.75, 3.05) is 0 Å². The van der Waals surface area contributed by atoms with Crippen molar-refractivity contribution in [1.29, 1.82) is 0 Å². The van der Waals surface area contributed by atoms with Crippen molar-refractivity contribution in [3.63, 3.8) is 0 Å². The van der Waals surface area contributed by atoms with Crippen LogP contribution in [0, 0.1) is 0 Å². The van der Waals surface area contributed by atoms with Crippen LogP contribution in [0.15, 0.2) is 57.2 Å². The van der Waals surface area contributed by atoms with E-state index in [-0.39, 0.29) is 28.2 Å². The molecular weight excluding hydrogens is 605 g/mol. The quantitative estimate of drug-likeness (QED) is 0.283. The van der Waals surface area contributed by atoms with E-state index in [4.69, 9.17) is 33.5 Å². The molecule has 2 aromatic heterocycles. The molecule has 4 aromatic rings. The Morgan fingerprint density at radius 2 is 0.970 bits per heavy atom. The van der Waals surface area contributed by atoms with Gasteiger partial charge < -0.3 is 10.3 Å². The third-order valence-electron chi connectivity index (χ3n) is 3.48. The number of hydrogen-bond acceptors (Lipinski definition) is 10. The average molecular weight is 615 g/mol. The fourth-order valence-corrected chi connectivity index (χ4v) is 5.57. The van der Waals surface area contributed by atoms with Crippen molar-refractivity contribution in [1.82, 2.24) is 20.4 Å². The van der Waals surface area contributed by atoms with Crippen LogP contribution < -0.4 is 0 Å². The second kappa shape index (κ2) is 11.3. The van der Waals surface area contributed by atoms with Crippen LogP contribution in [0.25, 0.3) is 31.4 Å². The van der Waals surface area contributed by atoms with Gasteiger partial charge >= 0.3 is 19.5 Å². The van der Waals surface area contributed by atoms with Gasteiger partial charge in [0.05, 0.1) is 10.0 Å². The first-order valence-corrected chi connectivity index (χ1v) is 13.5. The minimum absolute atomic E-state index is 0. The number of aromatic nitrogens is 4. The number of halogens is 2. The van der Waals surface area contributed by atoms with Gasteiger partial charge in [0.15, 0.2) is 0 Å². The van der Waals surface area contributed by atoms with E-state index in [1.807, 2.05) is 0 Å². The molecule has 0 aliphatic rings. The van der Waals surface area contributed by atoms with E-state index in [9.17, 15) is 16.8 Å². The van der Waals surface area contributed by atoms with Gasteiger partial charge in [0.1, 0.15) is 30.1 Å². The Morgan fingerprint density at radius 1 is 0.636 bits per heavy atom. The summed E-state index contributed by atoms with van der Waals surface area (Å²) in [5.74, 6) is 0. The van der Waals surface area contributed by atoms with Gasteiger partial charge in [-0.25, -0.2) is 16.8 Å². The van der Waals surface area contributed by atoms with E-state index in [0.29, 0.717) is 31.2 Å². The smallest absolute Gasteiger partial charge is 0.558 e. The molecule has 0 spiro atoms. The number of rotatable bonds is 4. The number of nitrogens with zero attached hydrogens (tertiary/aromatic N) is 4. The molecule has 168 valence electrons. The van der Waals surface area contributed by atoms with Gasteiger partial charge in [-0.2, -0.15) is 0 Å². The summed E-state index contributed by atoms with van der Waals surface area (Å²) in [7, 11) is -8.10. The maximum absolute atomic E-state index is 10.9. The molecule has 17 heteroatoms. The Balaban J connectivity index is 0.000000227. The van der Waals surface area contributed by atoms with Crippen molar-refractivity contribution < 1.29 is 36.3 Å². The average Bonchev–Trinajstić information content (AvgIpc) is 3.39. The van der Waals surface area contributed by atoms with Crippen LogP contribution in [0.5, 0.6) is 0 Å². The number of nitrogens with one attached hydrogen (secondary N) is 2. The predicted octanol–water partition coefficient (Wildman–Crippen LogP) is 5.20. The Morgan fingerprint density at radius 3 is 1.24 bits per heavy atom. The Labute approximate surface area is 219 Å². The normalized spacial score (nSPS) is 11.3. The molecule has 33 heavy (non-hydrogen) atoms. The summed E-state index contributed by atoms with van der Waals surface area (Å²) >= 11 is 13.5. The molecule has 0 atom stereocenters. The third kappa shape index (κ3) is 7.28. The largest absolute Gasteiger partial charge is 2.00 e. The molecule has 2 N–H and O–H groups in total. The monoisotopic (exact) mass is 612 g/mol. The summed E-state index contributed by atoms with van der Waals surface area (Å²) in [5, 5.41) is 29.7. The minimum atomic E-state index is -4.05. The fraction of sp³-hybridized carbons (Fsp3) is 0. The summed E-state index contributed by atoms with van der Waals surface area (Å²) in [6.45, 7) is 0. The molecule has 0 saturated heterocycles. The SMILES string of the molecule is [NH-]S(=O)(=O)c1nnc(-c2ccccc2Cl)s1.[NH-]S(=O)(=O)c1nnc(-c2ccccc2Cl)s1.[Zn+2]. The summed E-state index contributed by atoms with van der Waals surface area (Å²) in [4.78, 5) is 0. The van der Waals surface area contributed by atoms with E-state index < -0.39 is 20.0 Å². The van der Waals surface area contributed by atoms with Crippen molar-refractivity contribution in [2.24, 2.45) is 0 Å². The van der Waals surface area contributed by atoms with Crippen LogP contribution in [0.1, 0.15) is 0 Å². The Bertz CT molecular complexity index is 1370. The van der Waals surface area contributed by atoms with Crippen LogP contribution in [-0.4, -0.2) is 37.2 Å². The molecule has 0 amide bonds. The van der Waals surface area contributed by atoms with Crippen LogP contribution in [0.4, 0.5) is 0 Å². The molecule has 0 radical (unpaired) electrons. The van der Waals surface area contributed by atoms with Gasteiger partial charge in [0, 0.05) is 11.1 Å². The predicted molar refractivity (Wildman–Crippen MR) is 124 cm³/mol. The first-order chi connectivity index (χ1) is 15.0. The van der Waals surface area contributed by atoms with Crippen LogP contribution >= 0.6 is 45.9 Å². The van der Waals surface area contributed by atoms with Gasteiger partial charge in [-0.05, 0) is 12.1 Å². The van der Waals surface area contributed by atoms with E-state index in [1.54, 1.807) is 48.5 Å². The zero-order valence-electron chi connectivity index (χ0n) is 16.1. The zero-order chi connectivity index (χ0) is 23.5. The van der Waals surface area contributed by atoms with E-state index in [0.717, 1.165) is 22.7 Å². The molecule has 0 unspecified atom stereocenters. The Hall–Kier alpha value is -1.42. The van der Waals surface area contributed by atoms with Crippen molar-refractivity contribution in [3.8, 4) is 21.1 Å². The molecular formula is C16H10Cl2N6O4S4Zn. The molecule has 2 heterocycles. The van der Waals surface area contributed by atoms with Gasteiger partial charge in [-0.1, -0.05) is 82.3 Å². The summed E-state index contributed by atoms with van der Waals surface area (Å²) in [6.07, 6.45) is 0. The van der Waals surface area contributed by atoms with Gasteiger partial charge in [0.2, 0.25) is 8.68 Å². The summed E-state index contributed by atoms with van der Waals surface area (Å²) < 4.78 is 43.0. The van der Waals surface area contributed by atoms with Crippen molar-refractivity contribution in [3.05, 3.63) is 68.9 Å². The number of hydrogen-bond donors (Lipinski definition) is 0. The first-order valence-electron chi connectivity index (χ1n) is 8.13. The number of sulfonamides is 2. The Kier molecular flexibility index (Phi) is 9.56. The van der Waals surface area contributed by atoms with Gasteiger partial charge in [0.25, 0.3) is 0 Å². The second-order valence-electron chi connectivity index (χ2n) is 5.71. The third-order valence-corrected chi connectivity index (χ3v) is 8.54. The van der Waals surface area contributed by atoms with Gasteiger partial charge in [-0.15, -0.1) is 20.4 Å². The van der Waals surface area contributed by atoms with Crippen LogP contribution in [0.2, 0.25) is 10.0 Å². The van der Waals surface area contributed by atoms with E-state index in [1.165, 1.54) is 0 Å². The molecule has 0 aliphatic carbocycles. The van der Waals surface area contributed by atoms with Crippen molar-refractivity contribution >= 4 is 65.9 Å². The topological polar surface area (TPSA) is 167 Å². The molecule has 0 saturated carbocycles. The molecule has 0 fully saturated rings. The van der Waals surface area contributed by atoms with E-state index in [2.05, 4.69) is 20.4 Å². The molecule has 0 aliphatic heterocycles. The van der Waals surface area contributed by atoms with Crippen LogP contribution in [-0.2, 0) is 39.5 Å². The minimum Gasteiger partial charge on any atom is -0.558 e. The zero-order valence-corrected chi connectivity index (χ0v) is 23.9. The van der Waals surface area contributed by atoms with Gasteiger partial charge in [-0.3, -0.25) is 0 Å². The van der Waals surface area contributed by atoms with Crippen LogP contribution in [0.3, 0.4) is 0 Å². The maximum atomic E-state index is 10.9. The number of benzene rings is 2. The molecule has 10 nitrogen and oxygen atoms in total. The molecule has 4 rings (SSSR count). The second-order valence-corrected chi connectivity index (χ2v) is 11.8. The maximum Gasteiger partial charge on any atom is 2.00 e. The van der Waals surface area contributed by atoms with Crippen molar-refractivity contribution in [2.45, 2.75) is 8.68 Å². The summed E-state index contributed by atoms with van der Waals surface area (Å²) in [6, 6.07) is 13.8. The fourth-order valence-electron chi connectivity index (χ4n) is 2.12. The standard InChI is InChI=1S/2C8H5ClN3O2S2.Zn/c2*9-6-4-2-1-3-5(6)7-11-12-8(15-7)16(10,13)14;/h2*1-4H,(H-,10,13,14);/q2*-1;+2. The van der Waals surface area contributed by atoms with E-state index >= 15 is 0 Å². The summed E-state index contributed by atoms with van der Waals surface area (Å²) in [5.41, 5.74) is 1.22. The first kappa shape index (κ1) is 27.8.